The van der Waals surface area contributed by atoms with Gasteiger partial charge in [-0.15, -0.1) is 0 Å². The highest BCUT2D eigenvalue weighted by molar-refractivity contribution is 5.07. The summed E-state index contributed by atoms with van der Waals surface area (Å²) in [7, 11) is 0. The fourth-order valence-corrected chi connectivity index (χ4v) is 2.37. The lowest BCUT2D eigenvalue weighted by Gasteiger charge is -2.27. The zero-order valence-electron chi connectivity index (χ0n) is 9.87. The second kappa shape index (κ2) is 5.46. The van der Waals surface area contributed by atoms with Crippen molar-refractivity contribution >= 4 is 0 Å². The molecule has 0 spiro atoms. The Morgan fingerprint density at radius 1 is 1.50 bits per heavy atom. The first-order valence-electron chi connectivity index (χ1n) is 6.15. The Morgan fingerprint density at radius 2 is 2.31 bits per heavy atom. The highest BCUT2D eigenvalue weighted by atomic mass is 16.3. The fraction of sp³-hybridized carbons (Fsp3) is 0.750. The summed E-state index contributed by atoms with van der Waals surface area (Å²) in [5.74, 6) is 0.424. The molecule has 1 aromatic rings. The first kappa shape index (κ1) is 11.6. The van der Waals surface area contributed by atoms with E-state index in [0.717, 1.165) is 37.3 Å². The van der Waals surface area contributed by atoms with Crippen LogP contribution in [0, 0.1) is 12.8 Å². The predicted octanol–water partition coefficient (Wildman–Crippen LogP) is 1.36. The Hall–Kier alpha value is -0.870. The summed E-state index contributed by atoms with van der Waals surface area (Å²) in [6.45, 7) is 3.71. The van der Waals surface area contributed by atoms with Crippen LogP contribution in [0.15, 0.2) is 6.33 Å². The molecule has 0 aromatic carbocycles. The van der Waals surface area contributed by atoms with Crippen molar-refractivity contribution in [1.29, 1.82) is 0 Å². The highest BCUT2D eigenvalue weighted by Crippen LogP contribution is 2.23. The maximum Gasteiger partial charge on any atom is 0.0925 e. The second-order valence-electron chi connectivity index (χ2n) is 4.72. The highest BCUT2D eigenvalue weighted by Gasteiger charge is 2.22. The number of nitrogens with zero attached hydrogens (tertiary/aromatic N) is 1. The Labute approximate surface area is 96.5 Å². The number of H-pyrrole nitrogens is 1. The lowest BCUT2D eigenvalue weighted by Crippen LogP contribution is -2.33. The average molecular weight is 223 g/mol. The third-order valence-electron chi connectivity index (χ3n) is 3.50. The number of rotatable bonds is 4. The molecule has 1 fully saturated rings. The molecule has 1 saturated carbocycles. The summed E-state index contributed by atoms with van der Waals surface area (Å²) >= 11 is 0. The lowest BCUT2D eigenvalue weighted by molar-refractivity contribution is 0.0694. The molecule has 1 aliphatic carbocycles. The molecular weight excluding hydrogens is 202 g/mol. The fourth-order valence-electron chi connectivity index (χ4n) is 2.37. The minimum absolute atomic E-state index is 0.110. The number of aryl methyl sites for hydroxylation is 1. The molecule has 2 unspecified atom stereocenters. The smallest absolute Gasteiger partial charge is 0.0925 e. The maximum atomic E-state index is 9.82. The van der Waals surface area contributed by atoms with Gasteiger partial charge in [0.25, 0.3) is 0 Å². The van der Waals surface area contributed by atoms with Crippen LogP contribution in [0.5, 0.6) is 0 Å². The van der Waals surface area contributed by atoms with Crippen LogP contribution in [-0.4, -0.2) is 27.7 Å². The average Bonchev–Trinajstić information content (AvgIpc) is 2.67. The van der Waals surface area contributed by atoms with Gasteiger partial charge in [-0.1, -0.05) is 12.8 Å². The van der Waals surface area contributed by atoms with Crippen molar-refractivity contribution in [2.75, 3.05) is 6.54 Å². The molecule has 16 heavy (non-hydrogen) atoms. The van der Waals surface area contributed by atoms with Gasteiger partial charge in [0.15, 0.2) is 0 Å². The molecule has 1 aromatic heterocycles. The molecule has 0 bridgehead atoms. The monoisotopic (exact) mass is 223 g/mol. The molecule has 90 valence electrons. The van der Waals surface area contributed by atoms with Gasteiger partial charge < -0.3 is 15.4 Å². The van der Waals surface area contributed by atoms with Crippen molar-refractivity contribution in [3.63, 3.8) is 0 Å². The van der Waals surface area contributed by atoms with Gasteiger partial charge in [0.1, 0.15) is 0 Å². The zero-order chi connectivity index (χ0) is 11.4. The van der Waals surface area contributed by atoms with Crippen molar-refractivity contribution in [2.24, 2.45) is 5.92 Å². The van der Waals surface area contributed by atoms with Crippen LogP contribution in [0.25, 0.3) is 0 Å². The SMILES string of the molecule is Cc1[nH]cnc1CNCC1CCCCC1O. The Kier molecular flexibility index (Phi) is 3.96. The van der Waals surface area contributed by atoms with Gasteiger partial charge in [0.2, 0.25) is 0 Å². The molecule has 2 rings (SSSR count). The summed E-state index contributed by atoms with van der Waals surface area (Å²) in [5, 5.41) is 13.2. The molecule has 2 atom stereocenters. The number of nitrogens with one attached hydrogen (secondary N) is 2. The molecule has 3 N–H and O–H groups in total. The van der Waals surface area contributed by atoms with Crippen LogP contribution < -0.4 is 5.32 Å². The maximum absolute atomic E-state index is 9.82. The summed E-state index contributed by atoms with van der Waals surface area (Å²) in [5.41, 5.74) is 2.20. The molecule has 0 aliphatic heterocycles. The van der Waals surface area contributed by atoms with Crippen molar-refractivity contribution in [1.82, 2.24) is 15.3 Å². The van der Waals surface area contributed by atoms with Gasteiger partial charge in [-0.05, 0) is 25.7 Å². The Bertz CT molecular complexity index is 324. The van der Waals surface area contributed by atoms with E-state index < -0.39 is 0 Å². The largest absolute Gasteiger partial charge is 0.393 e. The van der Waals surface area contributed by atoms with Crippen LogP contribution in [0.3, 0.4) is 0 Å². The number of aromatic nitrogens is 2. The number of hydrogen-bond acceptors (Lipinski definition) is 3. The minimum atomic E-state index is -0.110. The van der Waals surface area contributed by atoms with Gasteiger partial charge in [-0.25, -0.2) is 4.98 Å². The van der Waals surface area contributed by atoms with Gasteiger partial charge in [-0.3, -0.25) is 0 Å². The van der Waals surface area contributed by atoms with E-state index >= 15 is 0 Å². The van der Waals surface area contributed by atoms with E-state index in [2.05, 4.69) is 15.3 Å². The topological polar surface area (TPSA) is 60.9 Å². The van der Waals surface area contributed by atoms with Gasteiger partial charge >= 0.3 is 0 Å². The Morgan fingerprint density at radius 3 is 3.00 bits per heavy atom. The number of hydrogen-bond donors (Lipinski definition) is 3. The number of aliphatic hydroxyl groups is 1. The van der Waals surface area contributed by atoms with Crippen molar-refractivity contribution in [3.8, 4) is 0 Å². The van der Waals surface area contributed by atoms with Crippen LogP contribution in [0.1, 0.15) is 37.1 Å². The first-order chi connectivity index (χ1) is 7.77. The predicted molar refractivity (Wildman–Crippen MR) is 63.0 cm³/mol. The van der Waals surface area contributed by atoms with Crippen molar-refractivity contribution in [2.45, 2.75) is 45.3 Å². The van der Waals surface area contributed by atoms with Crippen LogP contribution in [0.2, 0.25) is 0 Å². The van der Waals surface area contributed by atoms with E-state index in [4.69, 9.17) is 0 Å². The molecule has 1 aliphatic rings. The van der Waals surface area contributed by atoms with Gasteiger partial charge in [0.05, 0.1) is 18.1 Å². The molecule has 4 heteroatoms. The van der Waals surface area contributed by atoms with Crippen molar-refractivity contribution < 1.29 is 5.11 Å². The third-order valence-corrected chi connectivity index (χ3v) is 3.50. The minimum Gasteiger partial charge on any atom is -0.393 e. The van der Waals surface area contributed by atoms with E-state index in [1.165, 1.54) is 12.8 Å². The van der Waals surface area contributed by atoms with E-state index in [-0.39, 0.29) is 6.10 Å². The molecule has 0 radical (unpaired) electrons. The lowest BCUT2D eigenvalue weighted by atomic mass is 9.86. The van der Waals surface area contributed by atoms with Crippen LogP contribution in [0.4, 0.5) is 0 Å². The van der Waals surface area contributed by atoms with Gasteiger partial charge in [-0.2, -0.15) is 0 Å². The Balaban J connectivity index is 1.73. The summed E-state index contributed by atoms with van der Waals surface area (Å²) in [6, 6.07) is 0. The van der Waals surface area contributed by atoms with Gasteiger partial charge in [0, 0.05) is 18.8 Å². The number of aliphatic hydroxyl groups excluding tert-OH is 1. The quantitative estimate of drug-likeness (QED) is 0.722. The number of imidazole rings is 1. The summed E-state index contributed by atoms with van der Waals surface area (Å²) in [6.07, 6.45) is 6.16. The van der Waals surface area contributed by atoms with Crippen molar-refractivity contribution in [3.05, 3.63) is 17.7 Å². The molecule has 0 amide bonds. The zero-order valence-corrected chi connectivity index (χ0v) is 9.87. The molecular formula is C12H21N3O. The standard InChI is InChI=1S/C12H21N3O/c1-9-11(15-8-14-9)7-13-6-10-4-2-3-5-12(10)16/h8,10,12-13,16H,2-7H2,1H3,(H,14,15). The molecule has 1 heterocycles. The second-order valence-corrected chi connectivity index (χ2v) is 4.72. The van der Waals surface area contributed by atoms with Crippen LogP contribution in [-0.2, 0) is 6.54 Å². The number of aromatic amines is 1. The first-order valence-corrected chi connectivity index (χ1v) is 6.15. The van der Waals surface area contributed by atoms with Crippen LogP contribution >= 0.6 is 0 Å². The van der Waals surface area contributed by atoms with E-state index in [9.17, 15) is 5.11 Å². The molecule has 4 nitrogen and oxygen atoms in total. The summed E-state index contributed by atoms with van der Waals surface area (Å²) in [4.78, 5) is 7.30. The van der Waals surface area contributed by atoms with E-state index in [1.54, 1.807) is 6.33 Å². The van der Waals surface area contributed by atoms with E-state index in [0.29, 0.717) is 5.92 Å². The summed E-state index contributed by atoms with van der Waals surface area (Å²) < 4.78 is 0. The molecule has 0 saturated heterocycles. The van der Waals surface area contributed by atoms with E-state index in [1.807, 2.05) is 6.92 Å². The third kappa shape index (κ3) is 2.83. The normalized spacial score (nSPS) is 25.9.